The van der Waals surface area contributed by atoms with E-state index in [9.17, 15) is 0 Å². The molecular formula is C11H15N3. The predicted molar refractivity (Wildman–Crippen MR) is 59.2 cm³/mol. The number of nitrogen functional groups attached to an aromatic ring is 1. The highest BCUT2D eigenvalue weighted by atomic mass is 15.1. The number of rotatable bonds is 1. The lowest BCUT2D eigenvalue weighted by Crippen LogP contribution is -2.28. The Labute approximate surface area is 84.2 Å². The van der Waals surface area contributed by atoms with Crippen LogP contribution in [-0.2, 0) is 0 Å². The van der Waals surface area contributed by atoms with Crippen LogP contribution in [0.4, 0.5) is 11.4 Å². The third kappa shape index (κ3) is 1.71. The van der Waals surface area contributed by atoms with Crippen LogP contribution in [0, 0.1) is 0 Å². The van der Waals surface area contributed by atoms with Gasteiger partial charge in [-0.15, -0.1) is 0 Å². The molecule has 0 radical (unpaired) electrons. The van der Waals surface area contributed by atoms with Gasteiger partial charge in [-0.3, -0.25) is 4.98 Å². The molecule has 1 aromatic rings. The molecule has 0 bridgehead atoms. The van der Waals surface area contributed by atoms with Crippen LogP contribution in [0.3, 0.4) is 0 Å². The number of anilines is 2. The Morgan fingerprint density at radius 1 is 1.50 bits per heavy atom. The van der Waals surface area contributed by atoms with Crippen LogP contribution in [0.2, 0.25) is 0 Å². The normalized spacial score (nSPS) is 16.6. The summed E-state index contributed by atoms with van der Waals surface area (Å²) in [7, 11) is 0. The maximum absolute atomic E-state index is 5.86. The Morgan fingerprint density at radius 2 is 2.36 bits per heavy atom. The highest BCUT2D eigenvalue weighted by Gasteiger charge is 2.11. The van der Waals surface area contributed by atoms with Crippen molar-refractivity contribution in [2.24, 2.45) is 0 Å². The first-order valence-corrected chi connectivity index (χ1v) is 4.87. The molecule has 3 heteroatoms. The third-order valence-electron chi connectivity index (χ3n) is 2.60. The number of nitrogens with zero attached hydrogens (tertiary/aromatic N) is 2. The first-order valence-electron chi connectivity index (χ1n) is 4.87. The second kappa shape index (κ2) is 3.70. The van der Waals surface area contributed by atoms with Gasteiger partial charge in [0, 0.05) is 19.3 Å². The molecule has 1 aliphatic heterocycles. The van der Waals surface area contributed by atoms with Crippen LogP contribution < -0.4 is 10.6 Å². The summed E-state index contributed by atoms with van der Waals surface area (Å²) in [5.74, 6) is 0. The summed E-state index contributed by atoms with van der Waals surface area (Å²) >= 11 is 0. The van der Waals surface area contributed by atoms with Gasteiger partial charge in [-0.05, 0) is 19.4 Å². The molecule has 1 aromatic heterocycles. The predicted octanol–water partition coefficient (Wildman–Crippen LogP) is 1.82. The minimum Gasteiger partial charge on any atom is -0.396 e. The zero-order chi connectivity index (χ0) is 9.97. The van der Waals surface area contributed by atoms with Crippen molar-refractivity contribution in [1.29, 1.82) is 0 Å². The second-order valence-corrected chi connectivity index (χ2v) is 3.68. The van der Waals surface area contributed by atoms with Crippen molar-refractivity contribution in [2.75, 3.05) is 23.7 Å². The van der Waals surface area contributed by atoms with Gasteiger partial charge in [0.15, 0.2) is 0 Å². The first-order chi connectivity index (χ1) is 6.77. The number of nitrogens with two attached hydrogens (primary N) is 1. The van der Waals surface area contributed by atoms with E-state index in [1.807, 2.05) is 6.07 Å². The molecule has 74 valence electrons. The Kier molecular flexibility index (Phi) is 2.39. The largest absolute Gasteiger partial charge is 0.396 e. The molecule has 0 spiro atoms. The van der Waals surface area contributed by atoms with Crippen LogP contribution in [0.25, 0.3) is 0 Å². The van der Waals surface area contributed by atoms with Gasteiger partial charge < -0.3 is 10.6 Å². The molecule has 0 aromatic carbocycles. The molecular weight excluding hydrogens is 174 g/mol. The lowest BCUT2D eigenvalue weighted by atomic mass is 10.1. The summed E-state index contributed by atoms with van der Waals surface area (Å²) in [6, 6.07) is 1.98. The van der Waals surface area contributed by atoms with Crippen molar-refractivity contribution in [3.05, 3.63) is 30.1 Å². The van der Waals surface area contributed by atoms with Gasteiger partial charge in [0.25, 0.3) is 0 Å². The summed E-state index contributed by atoms with van der Waals surface area (Å²) in [6.07, 6.45) is 6.88. The van der Waals surface area contributed by atoms with E-state index < -0.39 is 0 Å². The van der Waals surface area contributed by atoms with Crippen molar-refractivity contribution < 1.29 is 0 Å². The molecule has 14 heavy (non-hydrogen) atoms. The summed E-state index contributed by atoms with van der Waals surface area (Å²) in [5, 5.41) is 0. The molecule has 2 heterocycles. The Bertz CT molecular complexity index is 357. The lowest BCUT2D eigenvalue weighted by molar-refractivity contribution is 0.788. The van der Waals surface area contributed by atoms with Crippen molar-refractivity contribution in [3.8, 4) is 0 Å². The van der Waals surface area contributed by atoms with Gasteiger partial charge in [-0.25, -0.2) is 0 Å². The third-order valence-corrected chi connectivity index (χ3v) is 2.60. The molecule has 1 aliphatic rings. The lowest BCUT2D eigenvalue weighted by Gasteiger charge is -2.28. The Morgan fingerprint density at radius 3 is 3.00 bits per heavy atom. The summed E-state index contributed by atoms with van der Waals surface area (Å²) in [6.45, 7) is 4.18. The fourth-order valence-electron chi connectivity index (χ4n) is 1.68. The highest BCUT2D eigenvalue weighted by molar-refractivity contribution is 5.66. The Balaban J connectivity index is 2.21. The molecule has 0 aliphatic carbocycles. The van der Waals surface area contributed by atoms with Gasteiger partial charge in [-0.1, -0.05) is 11.6 Å². The zero-order valence-electron chi connectivity index (χ0n) is 8.40. The minimum absolute atomic E-state index is 0.764. The number of hydrogen-bond donors (Lipinski definition) is 1. The van der Waals surface area contributed by atoms with Gasteiger partial charge in [-0.2, -0.15) is 0 Å². The van der Waals surface area contributed by atoms with Crippen molar-refractivity contribution in [1.82, 2.24) is 4.98 Å². The van der Waals surface area contributed by atoms with E-state index >= 15 is 0 Å². The van der Waals surface area contributed by atoms with Gasteiger partial charge >= 0.3 is 0 Å². The quantitative estimate of drug-likeness (QED) is 0.685. The monoisotopic (exact) mass is 189 g/mol. The fraction of sp³-hybridized carbons (Fsp3) is 0.364. The average molecular weight is 189 g/mol. The van der Waals surface area contributed by atoms with Crippen molar-refractivity contribution >= 4 is 11.4 Å². The van der Waals surface area contributed by atoms with E-state index in [4.69, 9.17) is 5.73 Å². The van der Waals surface area contributed by atoms with E-state index in [2.05, 4.69) is 22.9 Å². The van der Waals surface area contributed by atoms with Gasteiger partial charge in [0.2, 0.25) is 0 Å². The van der Waals surface area contributed by atoms with Crippen LogP contribution in [-0.4, -0.2) is 18.1 Å². The number of aromatic nitrogens is 1. The van der Waals surface area contributed by atoms with Gasteiger partial charge in [0.05, 0.1) is 17.6 Å². The maximum Gasteiger partial charge on any atom is 0.0738 e. The summed E-state index contributed by atoms with van der Waals surface area (Å²) < 4.78 is 0. The van der Waals surface area contributed by atoms with E-state index in [1.165, 1.54) is 5.57 Å². The molecule has 0 atom stereocenters. The highest BCUT2D eigenvalue weighted by Crippen LogP contribution is 2.24. The SMILES string of the molecule is CC1=CCN(c2ccncc2N)CC1. The first kappa shape index (κ1) is 9.06. The smallest absolute Gasteiger partial charge is 0.0738 e. The molecule has 0 saturated heterocycles. The molecule has 0 saturated carbocycles. The standard InChI is InChI=1S/C11H15N3/c1-9-3-6-14(7-4-9)11-2-5-13-8-10(11)12/h2-3,5,8H,4,6-7,12H2,1H3. The topological polar surface area (TPSA) is 42.2 Å². The number of pyridine rings is 1. The van der Waals surface area contributed by atoms with Crippen LogP contribution in [0.15, 0.2) is 30.1 Å². The molecule has 3 nitrogen and oxygen atoms in total. The molecule has 2 rings (SSSR count). The van der Waals surface area contributed by atoms with Gasteiger partial charge in [0.1, 0.15) is 0 Å². The second-order valence-electron chi connectivity index (χ2n) is 3.68. The maximum atomic E-state index is 5.86. The average Bonchev–Trinajstić information content (AvgIpc) is 2.20. The van der Waals surface area contributed by atoms with Crippen molar-refractivity contribution in [2.45, 2.75) is 13.3 Å². The van der Waals surface area contributed by atoms with Crippen LogP contribution >= 0.6 is 0 Å². The van der Waals surface area contributed by atoms with E-state index in [0.29, 0.717) is 0 Å². The fourth-order valence-corrected chi connectivity index (χ4v) is 1.68. The molecule has 2 N–H and O–H groups in total. The van der Waals surface area contributed by atoms with Crippen LogP contribution in [0.1, 0.15) is 13.3 Å². The number of hydrogen-bond acceptors (Lipinski definition) is 3. The minimum atomic E-state index is 0.764. The van der Waals surface area contributed by atoms with E-state index in [0.717, 1.165) is 30.9 Å². The van der Waals surface area contributed by atoms with Crippen LogP contribution in [0.5, 0.6) is 0 Å². The summed E-state index contributed by atoms with van der Waals surface area (Å²) in [5.41, 5.74) is 9.19. The van der Waals surface area contributed by atoms with E-state index in [1.54, 1.807) is 12.4 Å². The van der Waals surface area contributed by atoms with E-state index in [-0.39, 0.29) is 0 Å². The molecule has 0 amide bonds. The Hall–Kier alpha value is -1.51. The molecule has 0 fully saturated rings. The van der Waals surface area contributed by atoms with Crippen molar-refractivity contribution in [3.63, 3.8) is 0 Å². The zero-order valence-corrected chi connectivity index (χ0v) is 8.40. The molecule has 0 unspecified atom stereocenters. The summed E-state index contributed by atoms with van der Waals surface area (Å²) in [4.78, 5) is 6.27.